The minimum Gasteiger partial charge on any atom is -0.456 e. The van der Waals surface area contributed by atoms with Gasteiger partial charge in [-0.15, -0.1) is 0 Å². The van der Waals surface area contributed by atoms with E-state index >= 15 is 0 Å². The van der Waals surface area contributed by atoms with Crippen molar-refractivity contribution in [1.29, 1.82) is 0 Å². The molecule has 7 heteroatoms. The highest BCUT2D eigenvalue weighted by molar-refractivity contribution is 6.30. The Labute approximate surface area is 189 Å². The van der Waals surface area contributed by atoms with Crippen LogP contribution in [-0.2, 0) is 16.0 Å². The van der Waals surface area contributed by atoms with Crippen molar-refractivity contribution in [3.05, 3.63) is 106 Å². The number of carbonyl (C=O) groups excluding carboxylic acids is 4. The molecule has 0 bridgehead atoms. The second-order valence-corrected chi connectivity index (χ2v) is 7.71. The van der Waals surface area contributed by atoms with E-state index in [2.05, 4.69) is 0 Å². The van der Waals surface area contributed by atoms with Crippen LogP contribution in [0.25, 0.3) is 0 Å². The van der Waals surface area contributed by atoms with Gasteiger partial charge in [-0.25, -0.2) is 4.79 Å². The monoisotopic (exact) mass is 447 g/mol. The lowest BCUT2D eigenvalue weighted by molar-refractivity contribution is -0.147. The normalized spacial score (nSPS) is 13.6. The highest BCUT2D eigenvalue weighted by Gasteiger charge is 2.43. The maximum absolute atomic E-state index is 13.0. The van der Waals surface area contributed by atoms with Gasteiger partial charge in [-0.3, -0.25) is 19.3 Å². The van der Waals surface area contributed by atoms with Gasteiger partial charge < -0.3 is 4.74 Å². The van der Waals surface area contributed by atoms with Gasteiger partial charge in [0.25, 0.3) is 11.8 Å². The molecule has 0 aromatic heterocycles. The molecule has 0 spiro atoms. The number of fused-ring (bicyclic) bond motifs is 1. The van der Waals surface area contributed by atoms with Crippen molar-refractivity contribution < 1.29 is 23.9 Å². The van der Waals surface area contributed by atoms with Gasteiger partial charge in [0.1, 0.15) is 6.04 Å². The number of ether oxygens (including phenoxy) is 1. The van der Waals surface area contributed by atoms with Crippen molar-refractivity contribution in [3.8, 4) is 0 Å². The summed E-state index contributed by atoms with van der Waals surface area (Å²) in [5.74, 6) is -2.37. The molecule has 0 aliphatic carbocycles. The zero-order chi connectivity index (χ0) is 22.7. The van der Waals surface area contributed by atoms with Gasteiger partial charge in [0.2, 0.25) is 0 Å². The van der Waals surface area contributed by atoms with Gasteiger partial charge >= 0.3 is 5.97 Å². The Morgan fingerprint density at radius 1 is 0.812 bits per heavy atom. The lowest BCUT2D eigenvalue weighted by atomic mass is 10.0. The number of amides is 2. The molecule has 0 radical (unpaired) electrons. The molecule has 1 aliphatic heterocycles. The minimum atomic E-state index is -1.21. The van der Waals surface area contributed by atoms with E-state index in [4.69, 9.17) is 16.3 Å². The number of esters is 1. The van der Waals surface area contributed by atoms with Crippen LogP contribution in [0.5, 0.6) is 0 Å². The summed E-state index contributed by atoms with van der Waals surface area (Å²) in [6.07, 6.45) is 0.0697. The van der Waals surface area contributed by atoms with Crippen LogP contribution in [0.1, 0.15) is 36.6 Å². The van der Waals surface area contributed by atoms with Crippen molar-refractivity contribution in [1.82, 2.24) is 4.90 Å². The first-order valence-corrected chi connectivity index (χ1v) is 10.3. The molecule has 3 aromatic rings. The van der Waals surface area contributed by atoms with Crippen LogP contribution in [0.4, 0.5) is 0 Å². The van der Waals surface area contributed by atoms with Gasteiger partial charge in [-0.1, -0.05) is 54.1 Å². The van der Waals surface area contributed by atoms with Gasteiger partial charge in [0.15, 0.2) is 12.4 Å². The van der Waals surface area contributed by atoms with Crippen LogP contribution >= 0.6 is 11.6 Å². The lowest BCUT2D eigenvalue weighted by Gasteiger charge is -2.24. The zero-order valence-corrected chi connectivity index (χ0v) is 17.6. The van der Waals surface area contributed by atoms with E-state index in [0.29, 0.717) is 10.6 Å². The van der Waals surface area contributed by atoms with Crippen LogP contribution in [0.3, 0.4) is 0 Å². The Balaban J connectivity index is 1.56. The third kappa shape index (κ3) is 4.31. The second-order valence-electron chi connectivity index (χ2n) is 7.27. The van der Waals surface area contributed by atoms with E-state index in [1.54, 1.807) is 60.7 Å². The fourth-order valence-corrected chi connectivity index (χ4v) is 3.69. The van der Waals surface area contributed by atoms with Gasteiger partial charge in [0, 0.05) is 17.0 Å². The lowest BCUT2D eigenvalue weighted by Crippen LogP contribution is -2.47. The van der Waals surface area contributed by atoms with Crippen molar-refractivity contribution in [3.63, 3.8) is 0 Å². The molecule has 6 nitrogen and oxygen atoms in total. The number of halogens is 1. The summed E-state index contributed by atoms with van der Waals surface area (Å²) in [4.78, 5) is 52.3. The Kier molecular flexibility index (Phi) is 6.14. The maximum Gasteiger partial charge on any atom is 0.330 e. The molecule has 1 aliphatic rings. The van der Waals surface area contributed by atoms with Crippen LogP contribution in [0.15, 0.2) is 78.9 Å². The molecule has 32 heavy (non-hydrogen) atoms. The zero-order valence-electron chi connectivity index (χ0n) is 16.9. The number of hydrogen-bond acceptors (Lipinski definition) is 5. The first kappa shape index (κ1) is 21.5. The molecule has 3 aromatic carbocycles. The summed E-state index contributed by atoms with van der Waals surface area (Å²) < 4.78 is 5.26. The van der Waals surface area contributed by atoms with Crippen LogP contribution < -0.4 is 0 Å². The molecule has 2 amide bonds. The van der Waals surface area contributed by atoms with E-state index < -0.39 is 36.2 Å². The maximum atomic E-state index is 13.0. The number of carbonyl (C=O) groups is 4. The summed E-state index contributed by atoms with van der Waals surface area (Å²) >= 11 is 5.83. The largest absolute Gasteiger partial charge is 0.456 e. The fraction of sp³-hybridized carbons (Fsp3) is 0.120. The number of imide groups is 1. The molecule has 0 fully saturated rings. The van der Waals surface area contributed by atoms with Crippen molar-refractivity contribution in [2.45, 2.75) is 12.5 Å². The predicted octanol–water partition coefficient (Wildman–Crippen LogP) is 3.97. The molecule has 4 rings (SSSR count). The van der Waals surface area contributed by atoms with Gasteiger partial charge in [-0.2, -0.15) is 0 Å². The van der Waals surface area contributed by atoms with E-state index in [9.17, 15) is 19.2 Å². The van der Waals surface area contributed by atoms with E-state index in [0.717, 1.165) is 10.5 Å². The highest BCUT2D eigenvalue weighted by Crippen LogP contribution is 2.26. The number of rotatable bonds is 7. The molecule has 1 heterocycles. The van der Waals surface area contributed by atoms with Crippen LogP contribution in [-0.4, -0.2) is 41.1 Å². The summed E-state index contributed by atoms with van der Waals surface area (Å²) in [5.41, 5.74) is 1.55. The number of Topliss-reactive ketones (excluding diaryl/α,β-unsaturated/α-hetero) is 1. The first-order chi connectivity index (χ1) is 15.5. The molecule has 0 N–H and O–H groups in total. The Morgan fingerprint density at radius 3 is 1.97 bits per heavy atom. The topological polar surface area (TPSA) is 80.8 Å². The number of nitrogens with zero attached hydrogens (tertiary/aromatic N) is 1. The van der Waals surface area contributed by atoms with E-state index in [1.165, 1.54) is 12.1 Å². The molecular weight excluding hydrogens is 430 g/mol. The molecule has 0 saturated heterocycles. The number of benzene rings is 3. The van der Waals surface area contributed by atoms with E-state index in [-0.39, 0.29) is 17.5 Å². The average molecular weight is 448 g/mol. The van der Waals surface area contributed by atoms with Crippen LogP contribution in [0.2, 0.25) is 5.02 Å². The highest BCUT2D eigenvalue weighted by atomic mass is 35.5. The Bertz CT molecular complexity index is 1160. The molecule has 160 valence electrons. The van der Waals surface area contributed by atoms with Crippen molar-refractivity contribution in [2.75, 3.05) is 6.61 Å². The smallest absolute Gasteiger partial charge is 0.330 e. The third-order valence-electron chi connectivity index (χ3n) is 5.19. The van der Waals surface area contributed by atoms with Gasteiger partial charge in [-0.05, 0) is 42.0 Å². The fourth-order valence-electron chi connectivity index (χ4n) is 3.56. The number of hydrogen-bond donors (Lipinski definition) is 0. The molecule has 1 atom stereocenters. The minimum absolute atomic E-state index is 0.0697. The van der Waals surface area contributed by atoms with Gasteiger partial charge in [0.05, 0.1) is 11.1 Å². The quantitative estimate of drug-likeness (QED) is 0.311. The summed E-state index contributed by atoms with van der Waals surface area (Å²) in [5, 5.41) is 0.479. The number of ketones is 1. The second kappa shape index (κ2) is 9.16. The van der Waals surface area contributed by atoms with Crippen molar-refractivity contribution >= 4 is 35.2 Å². The summed E-state index contributed by atoms with van der Waals surface area (Å²) in [6, 6.07) is 20.4. The third-order valence-corrected chi connectivity index (χ3v) is 5.44. The average Bonchev–Trinajstić information content (AvgIpc) is 3.07. The van der Waals surface area contributed by atoms with E-state index in [1.807, 2.05) is 6.07 Å². The Morgan fingerprint density at radius 2 is 1.38 bits per heavy atom. The standard InChI is InChI=1S/C25H18ClNO5/c26-18-12-10-17(11-13-18)22(28)15-32-25(31)21(14-16-6-2-1-3-7-16)27-23(29)19-8-4-5-9-20(19)24(27)30/h1-13,21H,14-15H2. The first-order valence-electron chi connectivity index (χ1n) is 9.92. The molecule has 0 saturated carbocycles. The SMILES string of the molecule is O=C(COC(=O)C(Cc1ccccc1)N1C(=O)c2ccccc2C1=O)c1ccc(Cl)cc1. The Hall–Kier alpha value is -3.77. The summed E-state index contributed by atoms with van der Waals surface area (Å²) in [7, 11) is 0. The molecule has 1 unspecified atom stereocenters. The predicted molar refractivity (Wildman–Crippen MR) is 118 cm³/mol. The van der Waals surface area contributed by atoms with Crippen LogP contribution in [0, 0.1) is 0 Å². The summed E-state index contributed by atoms with van der Waals surface area (Å²) in [6.45, 7) is -0.519. The molecular formula is C25H18ClNO5. The van der Waals surface area contributed by atoms with Crippen molar-refractivity contribution in [2.24, 2.45) is 0 Å².